The summed E-state index contributed by atoms with van der Waals surface area (Å²) >= 11 is 0. The first kappa shape index (κ1) is 18.2. The van der Waals surface area contributed by atoms with Crippen molar-refractivity contribution in [3.63, 3.8) is 0 Å². The topological polar surface area (TPSA) is 32.3 Å². The fourth-order valence-corrected chi connectivity index (χ4v) is 2.69. The third-order valence-corrected chi connectivity index (χ3v) is 4.67. The van der Waals surface area contributed by atoms with E-state index in [9.17, 15) is 4.79 Å². The molecule has 0 radical (unpaired) electrons. The van der Waals surface area contributed by atoms with E-state index in [1.54, 1.807) is 0 Å². The van der Waals surface area contributed by atoms with Crippen LogP contribution in [0.1, 0.15) is 36.5 Å². The summed E-state index contributed by atoms with van der Waals surface area (Å²) in [6.07, 6.45) is 0. The molecular formula is C21H28N2O. The van der Waals surface area contributed by atoms with Crippen molar-refractivity contribution >= 4 is 5.91 Å². The lowest BCUT2D eigenvalue weighted by Crippen LogP contribution is -2.43. The van der Waals surface area contributed by atoms with E-state index >= 15 is 0 Å². The van der Waals surface area contributed by atoms with Crippen molar-refractivity contribution in [2.45, 2.75) is 39.3 Å². The first-order valence-corrected chi connectivity index (χ1v) is 8.56. The van der Waals surface area contributed by atoms with Gasteiger partial charge in [-0.2, -0.15) is 0 Å². The van der Waals surface area contributed by atoms with Crippen LogP contribution in [-0.2, 0) is 11.3 Å². The number of rotatable bonds is 7. The van der Waals surface area contributed by atoms with Crippen LogP contribution in [0.25, 0.3) is 0 Å². The Morgan fingerprint density at radius 2 is 1.67 bits per heavy atom. The molecule has 2 rings (SSSR count). The lowest BCUT2D eigenvalue weighted by atomic mass is 10.0. The van der Waals surface area contributed by atoms with E-state index in [4.69, 9.17) is 0 Å². The van der Waals surface area contributed by atoms with Crippen LogP contribution in [-0.4, -0.2) is 30.4 Å². The fraction of sp³-hybridized carbons (Fsp3) is 0.381. The molecule has 2 aromatic carbocycles. The second kappa shape index (κ2) is 8.65. The highest BCUT2D eigenvalue weighted by Crippen LogP contribution is 2.14. The molecule has 2 atom stereocenters. The van der Waals surface area contributed by atoms with Gasteiger partial charge in [-0.1, -0.05) is 61.5 Å². The van der Waals surface area contributed by atoms with Crippen molar-refractivity contribution in [3.8, 4) is 0 Å². The van der Waals surface area contributed by atoms with Gasteiger partial charge in [-0.05, 0) is 43.5 Å². The van der Waals surface area contributed by atoms with Gasteiger partial charge < -0.3 is 5.32 Å². The maximum atomic E-state index is 12.4. The van der Waals surface area contributed by atoms with Crippen LogP contribution in [0.2, 0.25) is 0 Å². The van der Waals surface area contributed by atoms with E-state index in [1.165, 1.54) is 16.7 Å². The minimum Gasteiger partial charge on any atom is -0.354 e. The van der Waals surface area contributed by atoms with Gasteiger partial charge in [0, 0.05) is 13.1 Å². The van der Waals surface area contributed by atoms with Crippen LogP contribution in [0.15, 0.2) is 54.6 Å². The van der Waals surface area contributed by atoms with Crippen LogP contribution < -0.4 is 5.32 Å². The Labute approximate surface area is 145 Å². The molecule has 1 N–H and O–H groups in total. The predicted octanol–water partition coefficient (Wildman–Crippen LogP) is 3.74. The van der Waals surface area contributed by atoms with Gasteiger partial charge in [-0.15, -0.1) is 0 Å². The van der Waals surface area contributed by atoms with E-state index < -0.39 is 0 Å². The van der Waals surface area contributed by atoms with Crippen molar-refractivity contribution < 1.29 is 4.79 Å². The summed E-state index contributed by atoms with van der Waals surface area (Å²) in [7, 11) is 2.00. The Morgan fingerprint density at radius 3 is 2.33 bits per heavy atom. The summed E-state index contributed by atoms with van der Waals surface area (Å²) in [4.78, 5) is 14.5. The third kappa shape index (κ3) is 4.93. The van der Waals surface area contributed by atoms with Gasteiger partial charge in [-0.3, -0.25) is 9.69 Å². The van der Waals surface area contributed by atoms with Crippen LogP contribution in [0.3, 0.4) is 0 Å². The Kier molecular flexibility index (Phi) is 6.56. The molecule has 0 aromatic heterocycles. The largest absolute Gasteiger partial charge is 0.354 e. The van der Waals surface area contributed by atoms with Crippen LogP contribution in [0, 0.1) is 6.92 Å². The Morgan fingerprint density at radius 1 is 1.04 bits per heavy atom. The fourth-order valence-electron chi connectivity index (χ4n) is 2.69. The van der Waals surface area contributed by atoms with Crippen molar-refractivity contribution in [2.75, 3.05) is 13.6 Å². The minimum absolute atomic E-state index is 0.0777. The van der Waals surface area contributed by atoms with Crippen LogP contribution in [0.5, 0.6) is 0 Å². The van der Waals surface area contributed by atoms with E-state index in [0.29, 0.717) is 12.5 Å². The van der Waals surface area contributed by atoms with Gasteiger partial charge in [0.1, 0.15) is 0 Å². The standard InChI is InChI=1S/C21H28N2O/c1-16-10-8-9-13-20(16)15-23(4)18(3)21(24)22-14-17(2)19-11-6-5-7-12-19/h5-13,17-18H,14-15H2,1-4H3,(H,22,24). The number of benzene rings is 2. The summed E-state index contributed by atoms with van der Waals surface area (Å²) in [6.45, 7) is 7.63. The summed E-state index contributed by atoms with van der Waals surface area (Å²) in [5.74, 6) is 0.387. The average Bonchev–Trinajstić information content (AvgIpc) is 2.61. The zero-order valence-corrected chi connectivity index (χ0v) is 15.1. The number of nitrogens with one attached hydrogen (secondary N) is 1. The quantitative estimate of drug-likeness (QED) is 0.841. The number of carbonyl (C=O) groups excluding carboxylic acids is 1. The first-order chi connectivity index (χ1) is 11.5. The zero-order chi connectivity index (χ0) is 17.5. The highest BCUT2D eigenvalue weighted by atomic mass is 16.2. The van der Waals surface area contributed by atoms with Gasteiger partial charge in [0.05, 0.1) is 6.04 Å². The smallest absolute Gasteiger partial charge is 0.237 e. The molecule has 3 nitrogen and oxygen atoms in total. The molecule has 24 heavy (non-hydrogen) atoms. The van der Waals surface area contributed by atoms with Crippen molar-refractivity contribution in [1.29, 1.82) is 0 Å². The first-order valence-electron chi connectivity index (χ1n) is 8.56. The molecule has 0 saturated carbocycles. The lowest BCUT2D eigenvalue weighted by Gasteiger charge is -2.25. The number of hydrogen-bond donors (Lipinski definition) is 1. The third-order valence-electron chi connectivity index (χ3n) is 4.67. The van der Waals surface area contributed by atoms with Gasteiger partial charge in [0.25, 0.3) is 0 Å². The molecular weight excluding hydrogens is 296 g/mol. The highest BCUT2D eigenvalue weighted by Gasteiger charge is 2.19. The van der Waals surface area contributed by atoms with Crippen molar-refractivity contribution in [3.05, 3.63) is 71.3 Å². The van der Waals surface area contributed by atoms with Crippen LogP contribution >= 0.6 is 0 Å². The Bertz CT molecular complexity index is 654. The number of hydrogen-bond acceptors (Lipinski definition) is 2. The molecule has 0 spiro atoms. The molecule has 0 bridgehead atoms. The second-order valence-electron chi connectivity index (χ2n) is 6.57. The highest BCUT2D eigenvalue weighted by molar-refractivity contribution is 5.81. The minimum atomic E-state index is -0.160. The normalized spacial score (nSPS) is 13.5. The predicted molar refractivity (Wildman–Crippen MR) is 100.0 cm³/mol. The summed E-state index contributed by atoms with van der Waals surface area (Å²) in [6, 6.07) is 18.4. The van der Waals surface area contributed by atoms with E-state index in [2.05, 4.69) is 48.3 Å². The van der Waals surface area contributed by atoms with E-state index in [0.717, 1.165) is 6.54 Å². The average molecular weight is 324 g/mol. The molecule has 2 unspecified atom stereocenters. The Balaban J connectivity index is 1.86. The number of carbonyl (C=O) groups is 1. The molecule has 1 amide bonds. The summed E-state index contributed by atoms with van der Waals surface area (Å²) in [5.41, 5.74) is 3.77. The van der Waals surface area contributed by atoms with Crippen molar-refractivity contribution in [2.24, 2.45) is 0 Å². The van der Waals surface area contributed by atoms with Gasteiger partial charge >= 0.3 is 0 Å². The number of amides is 1. The maximum Gasteiger partial charge on any atom is 0.237 e. The molecule has 0 fully saturated rings. The zero-order valence-electron chi connectivity index (χ0n) is 15.1. The molecule has 3 heteroatoms. The molecule has 0 aliphatic carbocycles. The van der Waals surface area contributed by atoms with Gasteiger partial charge in [-0.25, -0.2) is 0 Å². The lowest BCUT2D eigenvalue weighted by molar-refractivity contribution is -0.125. The number of aryl methyl sites for hydroxylation is 1. The molecule has 0 aliphatic heterocycles. The van der Waals surface area contributed by atoms with E-state index in [-0.39, 0.29) is 11.9 Å². The van der Waals surface area contributed by atoms with Gasteiger partial charge in [0.2, 0.25) is 5.91 Å². The Hall–Kier alpha value is -2.13. The monoisotopic (exact) mass is 324 g/mol. The SMILES string of the molecule is Cc1ccccc1CN(C)C(C)C(=O)NCC(C)c1ccccc1. The molecule has 128 valence electrons. The molecule has 0 aliphatic rings. The molecule has 0 heterocycles. The number of nitrogens with zero attached hydrogens (tertiary/aromatic N) is 1. The second-order valence-corrected chi connectivity index (χ2v) is 6.57. The van der Waals surface area contributed by atoms with E-state index in [1.807, 2.05) is 44.3 Å². The number of likely N-dealkylation sites (N-methyl/N-ethyl adjacent to an activating group) is 1. The van der Waals surface area contributed by atoms with Gasteiger partial charge in [0.15, 0.2) is 0 Å². The maximum absolute atomic E-state index is 12.4. The molecule has 0 saturated heterocycles. The van der Waals surface area contributed by atoms with Crippen LogP contribution in [0.4, 0.5) is 0 Å². The summed E-state index contributed by atoms with van der Waals surface area (Å²) < 4.78 is 0. The summed E-state index contributed by atoms with van der Waals surface area (Å²) in [5, 5.41) is 3.08. The van der Waals surface area contributed by atoms with Crippen molar-refractivity contribution in [1.82, 2.24) is 10.2 Å². The molecule has 2 aromatic rings.